The minimum atomic E-state index is -3.57. The van der Waals surface area contributed by atoms with Crippen LogP contribution in [0.25, 0.3) is 0 Å². The average Bonchev–Trinajstić information content (AvgIpc) is 3.13. The molecule has 1 heterocycles. The highest BCUT2D eigenvalue weighted by atomic mass is 32.2. The van der Waals surface area contributed by atoms with Gasteiger partial charge in [0.25, 0.3) is 0 Å². The van der Waals surface area contributed by atoms with Crippen molar-refractivity contribution in [2.75, 3.05) is 13.7 Å². The van der Waals surface area contributed by atoms with Crippen LogP contribution in [0.2, 0.25) is 0 Å². The van der Waals surface area contributed by atoms with Crippen LogP contribution in [0.4, 0.5) is 0 Å². The zero-order chi connectivity index (χ0) is 19.6. The van der Waals surface area contributed by atoms with Crippen LogP contribution in [-0.4, -0.2) is 38.2 Å². The van der Waals surface area contributed by atoms with Crippen molar-refractivity contribution in [1.82, 2.24) is 4.31 Å². The van der Waals surface area contributed by atoms with Gasteiger partial charge < -0.3 is 4.74 Å². The van der Waals surface area contributed by atoms with Crippen molar-refractivity contribution >= 4 is 15.8 Å². The molecule has 0 N–H and O–H groups in total. The Labute approximate surface area is 161 Å². The molecule has 1 unspecified atom stereocenters. The Balaban J connectivity index is 1.85. The number of ketones is 1. The molecule has 144 valence electrons. The maximum Gasteiger partial charge on any atom is 0.218 e. The molecule has 5 nitrogen and oxygen atoms in total. The van der Waals surface area contributed by atoms with Gasteiger partial charge in [0.2, 0.25) is 10.0 Å². The first kappa shape index (κ1) is 19.6. The predicted octanol–water partition coefficient (Wildman–Crippen LogP) is 3.49. The first-order valence-corrected chi connectivity index (χ1v) is 10.7. The fourth-order valence-electron chi connectivity index (χ4n) is 3.61. The summed E-state index contributed by atoms with van der Waals surface area (Å²) in [4.78, 5) is 13.0. The maximum absolute atomic E-state index is 13.0. The Morgan fingerprint density at radius 2 is 1.89 bits per heavy atom. The second-order valence-corrected chi connectivity index (χ2v) is 8.92. The predicted molar refractivity (Wildman–Crippen MR) is 106 cm³/mol. The van der Waals surface area contributed by atoms with E-state index in [1.807, 2.05) is 38.1 Å². The van der Waals surface area contributed by atoms with E-state index in [4.69, 9.17) is 4.74 Å². The van der Waals surface area contributed by atoms with Crippen LogP contribution in [0, 0.1) is 13.8 Å². The van der Waals surface area contributed by atoms with Crippen molar-refractivity contribution in [1.29, 1.82) is 0 Å². The molecule has 27 heavy (non-hydrogen) atoms. The molecule has 0 amide bonds. The number of carbonyl (C=O) groups excluding carboxylic acids is 1. The van der Waals surface area contributed by atoms with Crippen molar-refractivity contribution in [2.45, 2.75) is 38.5 Å². The van der Waals surface area contributed by atoms with E-state index in [2.05, 4.69) is 0 Å². The smallest absolute Gasteiger partial charge is 0.218 e. The molecule has 0 saturated carbocycles. The fourth-order valence-corrected chi connectivity index (χ4v) is 5.49. The van der Waals surface area contributed by atoms with Crippen LogP contribution in [0.1, 0.15) is 39.9 Å². The van der Waals surface area contributed by atoms with E-state index >= 15 is 0 Å². The zero-order valence-electron chi connectivity index (χ0n) is 15.9. The first-order chi connectivity index (χ1) is 12.8. The summed E-state index contributed by atoms with van der Waals surface area (Å²) in [6.07, 6.45) is 1.25. The van der Waals surface area contributed by atoms with E-state index in [-0.39, 0.29) is 11.5 Å². The molecule has 0 bridgehead atoms. The van der Waals surface area contributed by atoms with Crippen molar-refractivity contribution in [3.63, 3.8) is 0 Å². The van der Waals surface area contributed by atoms with Gasteiger partial charge in [-0.05, 0) is 61.6 Å². The van der Waals surface area contributed by atoms with Gasteiger partial charge in [0, 0.05) is 12.1 Å². The molecule has 3 rings (SSSR count). The van der Waals surface area contributed by atoms with E-state index in [0.717, 1.165) is 16.7 Å². The largest absolute Gasteiger partial charge is 0.496 e. The summed E-state index contributed by atoms with van der Waals surface area (Å²) in [6, 6.07) is 12.1. The van der Waals surface area contributed by atoms with Crippen molar-refractivity contribution in [2.24, 2.45) is 0 Å². The quantitative estimate of drug-likeness (QED) is 0.712. The number of nitrogens with zero attached hydrogens (tertiary/aromatic N) is 1. The van der Waals surface area contributed by atoms with Gasteiger partial charge in [-0.25, -0.2) is 8.42 Å². The lowest BCUT2D eigenvalue weighted by Crippen LogP contribution is -2.41. The maximum atomic E-state index is 13.0. The lowest BCUT2D eigenvalue weighted by atomic mass is 10.0. The number of Topliss-reactive ketones (excluding diaryl/α,β-unsaturated/α-hetero) is 1. The summed E-state index contributed by atoms with van der Waals surface area (Å²) in [6.45, 7) is 4.16. The van der Waals surface area contributed by atoms with Crippen molar-refractivity contribution in [3.05, 3.63) is 64.7 Å². The molecule has 1 aliphatic rings. The molecule has 2 aromatic rings. The molecule has 1 fully saturated rings. The van der Waals surface area contributed by atoms with Crippen LogP contribution < -0.4 is 4.74 Å². The van der Waals surface area contributed by atoms with Gasteiger partial charge in [-0.3, -0.25) is 4.79 Å². The Kier molecular flexibility index (Phi) is 5.67. The second-order valence-electron chi connectivity index (χ2n) is 7.00. The van der Waals surface area contributed by atoms with Crippen LogP contribution >= 0.6 is 0 Å². The van der Waals surface area contributed by atoms with E-state index < -0.39 is 16.1 Å². The van der Waals surface area contributed by atoms with E-state index in [1.54, 1.807) is 25.3 Å². The number of ether oxygens (including phenoxy) is 1. The van der Waals surface area contributed by atoms with Crippen LogP contribution in [0.3, 0.4) is 0 Å². The average molecular weight is 388 g/mol. The van der Waals surface area contributed by atoms with E-state index in [1.165, 1.54) is 4.31 Å². The summed E-state index contributed by atoms with van der Waals surface area (Å²) < 4.78 is 32.7. The molecule has 1 atom stereocenters. The van der Waals surface area contributed by atoms with Gasteiger partial charge in [0.15, 0.2) is 5.78 Å². The number of benzene rings is 2. The Morgan fingerprint density at radius 3 is 2.56 bits per heavy atom. The van der Waals surface area contributed by atoms with Gasteiger partial charge in [-0.1, -0.05) is 24.3 Å². The SMILES string of the molecule is COc1ccc(C(=O)C2CCCN2S(=O)(=O)Cc2ccccc2C)cc1C. The summed E-state index contributed by atoms with van der Waals surface area (Å²) in [5, 5.41) is 0. The van der Waals surface area contributed by atoms with Crippen LogP contribution in [0.15, 0.2) is 42.5 Å². The minimum Gasteiger partial charge on any atom is -0.496 e. The Bertz CT molecular complexity index is 952. The third kappa shape index (κ3) is 4.06. The molecule has 1 saturated heterocycles. The fraction of sp³-hybridized carbons (Fsp3) is 0.381. The molecule has 0 radical (unpaired) electrons. The molecule has 2 aromatic carbocycles. The molecule has 0 spiro atoms. The highest BCUT2D eigenvalue weighted by molar-refractivity contribution is 7.88. The van der Waals surface area contributed by atoms with Crippen LogP contribution in [0.5, 0.6) is 5.75 Å². The third-order valence-corrected chi connectivity index (χ3v) is 6.97. The standard InChI is InChI=1S/C21H25NO4S/c1-15-7-4-5-8-18(15)14-27(24,25)22-12-6-9-19(22)21(23)17-10-11-20(26-3)16(2)13-17/h4-5,7-8,10-11,13,19H,6,9,12,14H2,1-3H3. The molecule has 1 aliphatic heterocycles. The minimum absolute atomic E-state index is 0.0783. The lowest BCUT2D eigenvalue weighted by Gasteiger charge is -2.24. The van der Waals surface area contributed by atoms with E-state index in [9.17, 15) is 13.2 Å². The molecular formula is C21H25NO4S. The molecule has 0 aromatic heterocycles. The highest BCUT2D eigenvalue weighted by Crippen LogP contribution is 2.28. The number of rotatable bonds is 6. The highest BCUT2D eigenvalue weighted by Gasteiger charge is 2.39. The van der Waals surface area contributed by atoms with Crippen LogP contribution in [-0.2, 0) is 15.8 Å². The normalized spacial score (nSPS) is 17.8. The van der Waals surface area contributed by atoms with Gasteiger partial charge in [0.05, 0.1) is 18.9 Å². The van der Waals surface area contributed by atoms with Crippen molar-refractivity contribution in [3.8, 4) is 5.75 Å². The molecular weight excluding hydrogens is 362 g/mol. The Hall–Kier alpha value is -2.18. The van der Waals surface area contributed by atoms with Gasteiger partial charge >= 0.3 is 0 Å². The van der Waals surface area contributed by atoms with Gasteiger partial charge in [-0.15, -0.1) is 0 Å². The topological polar surface area (TPSA) is 63.7 Å². The number of hydrogen-bond acceptors (Lipinski definition) is 4. The number of hydrogen-bond donors (Lipinski definition) is 0. The monoisotopic (exact) mass is 387 g/mol. The first-order valence-electron chi connectivity index (χ1n) is 9.06. The summed E-state index contributed by atoms with van der Waals surface area (Å²) in [5.74, 6) is 0.485. The Morgan fingerprint density at radius 1 is 1.15 bits per heavy atom. The van der Waals surface area contributed by atoms with Gasteiger partial charge in [0.1, 0.15) is 5.75 Å². The third-order valence-electron chi connectivity index (χ3n) is 5.14. The second kappa shape index (κ2) is 7.82. The zero-order valence-corrected chi connectivity index (χ0v) is 16.8. The summed E-state index contributed by atoms with van der Waals surface area (Å²) in [5.41, 5.74) is 3.09. The lowest BCUT2D eigenvalue weighted by molar-refractivity contribution is 0.0918. The van der Waals surface area contributed by atoms with Crippen molar-refractivity contribution < 1.29 is 17.9 Å². The van der Waals surface area contributed by atoms with Gasteiger partial charge in [-0.2, -0.15) is 4.31 Å². The molecule has 6 heteroatoms. The summed E-state index contributed by atoms with van der Waals surface area (Å²) >= 11 is 0. The van der Waals surface area contributed by atoms with E-state index in [0.29, 0.717) is 30.7 Å². The number of carbonyl (C=O) groups is 1. The number of sulfonamides is 1. The number of aryl methyl sites for hydroxylation is 2. The molecule has 0 aliphatic carbocycles. The number of methoxy groups -OCH3 is 1. The summed E-state index contributed by atoms with van der Waals surface area (Å²) in [7, 11) is -1.99.